The van der Waals surface area contributed by atoms with Gasteiger partial charge in [0.25, 0.3) is 0 Å². The first-order valence-electron chi connectivity index (χ1n) is 5.98. The molecule has 0 bridgehead atoms. The molecule has 16 heavy (non-hydrogen) atoms. The molecule has 3 heteroatoms. The van der Waals surface area contributed by atoms with Gasteiger partial charge in [0.1, 0.15) is 0 Å². The zero-order chi connectivity index (χ0) is 11.5. The Labute approximate surface area is 102 Å². The van der Waals surface area contributed by atoms with Crippen molar-refractivity contribution < 1.29 is 0 Å². The molecule has 0 spiro atoms. The molecule has 2 N–H and O–H groups in total. The van der Waals surface area contributed by atoms with Crippen molar-refractivity contribution in [1.29, 1.82) is 0 Å². The minimum Gasteiger partial charge on any atom is -0.367 e. The van der Waals surface area contributed by atoms with Crippen molar-refractivity contribution in [1.82, 2.24) is 0 Å². The first kappa shape index (κ1) is 11.7. The van der Waals surface area contributed by atoms with Gasteiger partial charge in [0.2, 0.25) is 0 Å². The molecule has 0 aromatic heterocycles. The highest BCUT2D eigenvalue weighted by Crippen LogP contribution is 2.35. The molecule has 2 rings (SSSR count). The second kappa shape index (κ2) is 5.07. The molecular formula is C13H19ClN2. The van der Waals surface area contributed by atoms with Crippen LogP contribution in [0.2, 0.25) is 5.02 Å². The second-order valence-corrected chi connectivity index (χ2v) is 4.88. The van der Waals surface area contributed by atoms with Gasteiger partial charge >= 0.3 is 0 Å². The van der Waals surface area contributed by atoms with E-state index in [-0.39, 0.29) is 0 Å². The van der Waals surface area contributed by atoms with E-state index >= 15 is 0 Å². The van der Waals surface area contributed by atoms with Crippen LogP contribution in [0.3, 0.4) is 0 Å². The van der Waals surface area contributed by atoms with Crippen LogP contribution in [0.25, 0.3) is 0 Å². The Kier molecular flexibility index (Phi) is 3.72. The maximum atomic E-state index is 6.33. The van der Waals surface area contributed by atoms with Gasteiger partial charge in [-0.05, 0) is 44.4 Å². The van der Waals surface area contributed by atoms with Gasteiger partial charge in [0, 0.05) is 12.6 Å². The lowest BCUT2D eigenvalue weighted by molar-refractivity contribution is 0.731. The Morgan fingerprint density at radius 2 is 2.31 bits per heavy atom. The third-order valence-corrected chi connectivity index (χ3v) is 3.63. The van der Waals surface area contributed by atoms with Gasteiger partial charge in [-0.2, -0.15) is 0 Å². The number of para-hydroxylation sites is 1. The molecule has 88 valence electrons. The average Bonchev–Trinajstić information content (AvgIpc) is 2.65. The van der Waals surface area contributed by atoms with E-state index in [9.17, 15) is 0 Å². The number of hydrogen-bond donors (Lipinski definition) is 1. The maximum Gasteiger partial charge on any atom is 0.0642 e. The topological polar surface area (TPSA) is 29.3 Å². The van der Waals surface area contributed by atoms with Crippen LogP contribution in [0.1, 0.15) is 25.3 Å². The monoisotopic (exact) mass is 238 g/mol. The van der Waals surface area contributed by atoms with Crippen molar-refractivity contribution in [2.45, 2.75) is 32.2 Å². The third-order valence-electron chi connectivity index (χ3n) is 3.32. The molecule has 0 aliphatic carbocycles. The van der Waals surface area contributed by atoms with E-state index in [0.29, 0.717) is 12.6 Å². The molecule has 1 atom stereocenters. The van der Waals surface area contributed by atoms with E-state index in [0.717, 1.165) is 18.0 Å². The summed E-state index contributed by atoms with van der Waals surface area (Å²) in [5, 5.41) is 0.861. The molecule has 2 nitrogen and oxygen atoms in total. The van der Waals surface area contributed by atoms with Crippen LogP contribution in [0.5, 0.6) is 0 Å². The van der Waals surface area contributed by atoms with Crippen molar-refractivity contribution in [2.24, 2.45) is 5.73 Å². The molecule has 1 aromatic rings. The van der Waals surface area contributed by atoms with E-state index in [2.05, 4.69) is 17.9 Å². The smallest absolute Gasteiger partial charge is 0.0642 e. The fourth-order valence-electron chi connectivity index (χ4n) is 2.50. The van der Waals surface area contributed by atoms with Crippen molar-refractivity contribution in [3.8, 4) is 0 Å². The summed E-state index contributed by atoms with van der Waals surface area (Å²) in [7, 11) is 0. The maximum absolute atomic E-state index is 6.33. The first-order chi connectivity index (χ1) is 7.74. The molecule has 1 aliphatic heterocycles. The Balaban J connectivity index is 2.36. The molecule has 0 saturated carbocycles. The zero-order valence-electron chi connectivity index (χ0n) is 9.75. The summed E-state index contributed by atoms with van der Waals surface area (Å²) in [4.78, 5) is 2.42. The summed E-state index contributed by atoms with van der Waals surface area (Å²) in [6.45, 7) is 4.06. The number of nitrogens with two attached hydrogens (primary N) is 1. The van der Waals surface area contributed by atoms with E-state index in [4.69, 9.17) is 17.3 Å². The molecular weight excluding hydrogens is 220 g/mol. The van der Waals surface area contributed by atoms with Gasteiger partial charge in [-0.25, -0.2) is 0 Å². The largest absolute Gasteiger partial charge is 0.367 e. The lowest BCUT2D eigenvalue weighted by atomic mass is 10.1. The van der Waals surface area contributed by atoms with E-state index in [1.807, 2.05) is 12.1 Å². The van der Waals surface area contributed by atoms with Crippen LogP contribution in [0.4, 0.5) is 5.69 Å². The summed E-state index contributed by atoms with van der Waals surface area (Å²) in [5.41, 5.74) is 8.14. The summed E-state index contributed by atoms with van der Waals surface area (Å²) < 4.78 is 0. The number of benzene rings is 1. The van der Waals surface area contributed by atoms with Gasteiger partial charge in [-0.1, -0.05) is 23.7 Å². The standard InChI is InChI=1S/C13H19ClN2/c1-10-4-3-9-16(10)13-11(7-8-15)5-2-6-12(13)14/h2,5-6,10H,3-4,7-9,15H2,1H3. The third kappa shape index (κ3) is 2.18. The normalized spacial score (nSPS) is 20.4. The molecule has 0 radical (unpaired) electrons. The van der Waals surface area contributed by atoms with Crippen LogP contribution in [-0.2, 0) is 6.42 Å². The Morgan fingerprint density at radius 3 is 2.94 bits per heavy atom. The summed E-state index contributed by atoms with van der Waals surface area (Å²) in [6.07, 6.45) is 3.42. The van der Waals surface area contributed by atoms with E-state index < -0.39 is 0 Å². The molecule has 1 heterocycles. The number of rotatable bonds is 3. The predicted octanol–water partition coefficient (Wildman–Crippen LogP) is 2.83. The number of nitrogens with zero attached hydrogens (tertiary/aromatic N) is 1. The molecule has 1 saturated heterocycles. The van der Waals surface area contributed by atoms with Crippen LogP contribution in [-0.4, -0.2) is 19.1 Å². The van der Waals surface area contributed by atoms with E-state index in [1.165, 1.54) is 24.1 Å². The minimum absolute atomic E-state index is 0.594. The van der Waals surface area contributed by atoms with Crippen molar-refractivity contribution in [3.05, 3.63) is 28.8 Å². The fourth-order valence-corrected chi connectivity index (χ4v) is 2.81. The van der Waals surface area contributed by atoms with E-state index in [1.54, 1.807) is 0 Å². The number of anilines is 1. The van der Waals surface area contributed by atoms with Crippen molar-refractivity contribution in [3.63, 3.8) is 0 Å². The van der Waals surface area contributed by atoms with Crippen LogP contribution < -0.4 is 10.6 Å². The van der Waals surface area contributed by atoms with Crippen LogP contribution in [0.15, 0.2) is 18.2 Å². The van der Waals surface area contributed by atoms with Crippen molar-refractivity contribution >= 4 is 17.3 Å². The molecule has 1 aliphatic rings. The molecule has 1 fully saturated rings. The Bertz CT molecular complexity index is 365. The highest BCUT2D eigenvalue weighted by Gasteiger charge is 2.24. The molecule has 0 amide bonds. The summed E-state index contributed by atoms with van der Waals surface area (Å²) in [6, 6.07) is 6.72. The van der Waals surface area contributed by atoms with Gasteiger partial charge < -0.3 is 10.6 Å². The van der Waals surface area contributed by atoms with Crippen LogP contribution in [0, 0.1) is 0 Å². The SMILES string of the molecule is CC1CCCN1c1c(Cl)cccc1CCN. The highest BCUT2D eigenvalue weighted by atomic mass is 35.5. The van der Waals surface area contributed by atoms with Crippen molar-refractivity contribution in [2.75, 3.05) is 18.0 Å². The zero-order valence-corrected chi connectivity index (χ0v) is 10.5. The second-order valence-electron chi connectivity index (χ2n) is 4.47. The summed E-state index contributed by atoms with van der Waals surface area (Å²) >= 11 is 6.33. The fraction of sp³-hybridized carbons (Fsp3) is 0.538. The molecule has 1 aromatic carbocycles. The lowest BCUT2D eigenvalue weighted by Crippen LogP contribution is -2.28. The number of hydrogen-bond acceptors (Lipinski definition) is 2. The highest BCUT2D eigenvalue weighted by molar-refractivity contribution is 6.33. The van der Waals surface area contributed by atoms with Gasteiger partial charge in [0.15, 0.2) is 0 Å². The number of halogens is 1. The Morgan fingerprint density at radius 1 is 1.50 bits per heavy atom. The lowest BCUT2D eigenvalue weighted by Gasteiger charge is -2.27. The van der Waals surface area contributed by atoms with Gasteiger partial charge in [-0.15, -0.1) is 0 Å². The molecule has 1 unspecified atom stereocenters. The Hall–Kier alpha value is -0.730. The quantitative estimate of drug-likeness (QED) is 0.878. The summed E-state index contributed by atoms with van der Waals surface area (Å²) in [5.74, 6) is 0. The van der Waals surface area contributed by atoms with Crippen LogP contribution >= 0.6 is 11.6 Å². The minimum atomic E-state index is 0.594. The average molecular weight is 239 g/mol. The van der Waals surface area contributed by atoms with Gasteiger partial charge in [0.05, 0.1) is 10.7 Å². The predicted molar refractivity (Wildman–Crippen MR) is 70.3 cm³/mol. The van der Waals surface area contributed by atoms with Gasteiger partial charge in [-0.3, -0.25) is 0 Å². The first-order valence-corrected chi connectivity index (χ1v) is 6.36.